The number of unbranched alkanes of at least 4 members (excludes halogenated alkanes) is 1. The van der Waals surface area contributed by atoms with Gasteiger partial charge >= 0.3 is 0 Å². The van der Waals surface area contributed by atoms with Gasteiger partial charge in [-0.15, -0.1) is 35.0 Å². The number of nitrogens with two attached hydrogens (primary N) is 3. The summed E-state index contributed by atoms with van der Waals surface area (Å²) < 4.78 is 15.4. The third-order valence-electron chi connectivity index (χ3n) is 10.1. The Morgan fingerprint density at radius 1 is 0.842 bits per heavy atom. The minimum atomic E-state index is -0.558. The van der Waals surface area contributed by atoms with Crippen molar-refractivity contribution in [3.05, 3.63) is 72.3 Å². The van der Waals surface area contributed by atoms with Crippen molar-refractivity contribution in [1.29, 1.82) is 0 Å². The molecule has 16 heteroatoms. The van der Waals surface area contributed by atoms with Crippen molar-refractivity contribution < 1.29 is 14.3 Å². The van der Waals surface area contributed by atoms with Crippen molar-refractivity contribution >= 4 is 36.7 Å². The van der Waals surface area contributed by atoms with Crippen LogP contribution in [0, 0.1) is 11.8 Å². The maximum Gasteiger partial charge on any atom is 0.245 e. The minimum Gasteiger partial charge on any atom is -0.494 e. The van der Waals surface area contributed by atoms with Gasteiger partial charge in [0.1, 0.15) is 29.8 Å². The van der Waals surface area contributed by atoms with Crippen molar-refractivity contribution in [2.45, 2.75) is 116 Å². The number of amides is 1. The lowest BCUT2D eigenvalue weighted by Crippen LogP contribution is -2.42. The molecule has 0 bridgehead atoms. The molecule has 2 heterocycles. The molecule has 0 unspecified atom stereocenters. The summed E-state index contributed by atoms with van der Waals surface area (Å²) in [6.45, 7) is 6.83. The fourth-order valence-corrected chi connectivity index (χ4v) is 6.94. The topological polar surface area (TPSA) is 199 Å². The Balaban J connectivity index is 0.00000435. The Bertz CT molecular complexity index is 1740. The Morgan fingerprint density at radius 3 is 2.16 bits per heavy atom. The number of halogens is 2. The summed E-state index contributed by atoms with van der Waals surface area (Å²) in [5, 5.41) is 20.9. The zero-order valence-corrected chi connectivity index (χ0v) is 35.1. The number of hydrogen-bond acceptors (Lipinski definition) is 9. The van der Waals surface area contributed by atoms with E-state index in [0.29, 0.717) is 50.0 Å². The highest BCUT2D eigenvalue weighted by Crippen LogP contribution is 2.27. The van der Waals surface area contributed by atoms with Gasteiger partial charge in [-0.3, -0.25) is 14.5 Å². The normalized spacial score (nSPS) is 13.9. The highest BCUT2D eigenvalue weighted by Gasteiger charge is 2.26. The molecule has 2 atom stereocenters. The summed E-state index contributed by atoms with van der Waals surface area (Å²) in [6.07, 6.45) is 15.6. The molecular weight excluding hydrogens is 765 g/mol. The molecule has 314 valence electrons. The van der Waals surface area contributed by atoms with E-state index in [1.54, 1.807) is 9.36 Å². The largest absolute Gasteiger partial charge is 0.494 e. The fourth-order valence-electron chi connectivity index (χ4n) is 6.94. The van der Waals surface area contributed by atoms with Gasteiger partial charge in [-0.05, 0) is 92.3 Å². The van der Waals surface area contributed by atoms with Gasteiger partial charge in [0.2, 0.25) is 5.91 Å². The Morgan fingerprint density at radius 2 is 1.51 bits per heavy atom. The van der Waals surface area contributed by atoms with Crippen LogP contribution in [0.3, 0.4) is 0 Å². The average Bonchev–Trinajstić information content (AvgIpc) is 3.84. The van der Waals surface area contributed by atoms with Crippen LogP contribution < -0.4 is 32.0 Å². The van der Waals surface area contributed by atoms with Crippen LogP contribution in [0.15, 0.2) is 65.9 Å². The van der Waals surface area contributed by atoms with Crippen LogP contribution >= 0.6 is 24.8 Å². The molecule has 0 aliphatic heterocycles. The maximum absolute atomic E-state index is 14.0. The zero-order valence-electron chi connectivity index (χ0n) is 33.5. The molecule has 0 radical (unpaired) electrons. The van der Waals surface area contributed by atoms with Crippen molar-refractivity contribution in [2.75, 3.05) is 19.7 Å². The summed E-state index contributed by atoms with van der Waals surface area (Å²) in [7, 11) is 0. The van der Waals surface area contributed by atoms with Gasteiger partial charge in [0.25, 0.3) is 0 Å². The number of nitrogens with zero attached hydrogens (tertiary/aromatic N) is 7. The highest BCUT2D eigenvalue weighted by molar-refractivity contribution is 5.85. The first kappa shape index (κ1) is 47.0. The van der Waals surface area contributed by atoms with E-state index < -0.39 is 6.04 Å². The van der Waals surface area contributed by atoms with E-state index in [-0.39, 0.29) is 49.3 Å². The molecule has 1 aliphatic rings. The molecule has 2 aromatic carbocycles. The second-order valence-corrected chi connectivity index (χ2v) is 15.2. The fraction of sp³-hybridized carbons (Fsp3) is 0.561. The summed E-state index contributed by atoms with van der Waals surface area (Å²) in [5.74, 6) is 2.76. The van der Waals surface area contributed by atoms with Crippen LogP contribution in [0.25, 0.3) is 11.1 Å². The van der Waals surface area contributed by atoms with Crippen molar-refractivity contribution in [2.24, 2.45) is 34.0 Å². The van der Waals surface area contributed by atoms with E-state index >= 15 is 0 Å². The molecule has 4 aromatic rings. The number of hydrogen-bond donors (Lipinski definition) is 4. The minimum absolute atomic E-state index is 0. The molecule has 1 aliphatic carbocycles. The number of guanidine groups is 1. The zero-order chi connectivity index (χ0) is 38.8. The van der Waals surface area contributed by atoms with E-state index in [2.05, 4.69) is 56.9 Å². The number of nitrogens with one attached hydrogen (secondary N) is 1. The standard InChI is InChI=1S/C41H61N11O3.2ClH/c1-30(2)21-24-54-37-17-13-32(14-18-37)33-15-19-38(20-16-33)55-29-36-27-51(49-48-36)26-34(11-6-7-22-42)46-40(53)39(12-8-23-45-41(43)44)52-28-35(47-50-52)25-31-9-4-3-5-10-31;;/h13-20,27-28,30-31,34,39H,3-12,21-26,29,42H2,1-2H3,(H,46,53)(H4,43,44,45);2*1H/t34-,39-;;/m1../s1. The first-order valence-electron chi connectivity index (χ1n) is 20.1. The first-order valence-corrected chi connectivity index (χ1v) is 20.1. The molecule has 0 saturated heterocycles. The number of aromatic nitrogens is 6. The Kier molecular flexibility index (Phi) is 20.7. The highest BCUT2D eigenvalue weighted by atomic mass is 35.5. The lowest BCUT2D eigenvalue weighted by molar-refractivity contribution is -0.125. The molecular formula is C41H63Cl2N11O3. The van der Waals surface area contributed by atoms with Crippen LogP contribution in [0.4, 0.5) is 0 Å². The predicted octanol–water partition coefficient (Wildman–Crippen LogP) is 6.42. The van der Waals surface area contributed by atoms with Gasteiger partial charge in [0, 0.05) is 18.8 Å². The lowest BCUT2D eigenvalue weighted by Gasteiger charge is -2.23. The molecule has 1 saturated carbocycles. The van der Waals surface area contributed by atoms with Gasteiger partial charge in [-0.2, -0.15) is 0 Å². The number of ether oxygens (including phenoxy) is 2. The van der Waals surface area contributed by atoms with Crippen LogP contribution in [0.1, 0.15) is 102 Å². The maximum atomic E-state index is 14.0. The number of aliphatic imine (C=N–C) groups is 1. The van der Waals surface area contributed by atoms with Crippen LogP contribution in [0.2, 0.25) is 0 Å². The number of carbonyl (C=O) groups excluding carboxylic acids is 1. The van der Waals surface area contributed by atoms with Crippen LogP contribution in [-0.4, -0.2) is 67.6 Å². The van der Waals surface area contributed by atoms with E-state index in [1.807, 2.05) is 48.8 Å². The van der Waals surface area contributed by atoms with E-state index in [9.17, 15) is 4.79 Å². The monoisotopic (exact) mass is 827 g/mol. The third-order valence-corrected chi connectivity index (χ3v) is 10.1. The molecule has 14 nitrogen and oxygen atoms in total. The molecule has 0 spiro atoms. The number of carbonyl (C=O) groups is 1. The van der Waals surface area contributed by atoms with E-state index in [4.69, 9.17) is 26.7 Å². The van der Waals surface area contributed by atoms with Gasteiger partial charge in [-0.1, -0.05) is 87.1 Å². The van der Waals surface area contributed by atoms with Crippen LogP contribution in [0.5, 0.6) is 11.5 Å². The number of rotatable bonds is 23. The molecule has 2 aromatic heterocycles. The van der Waals surface area contributed by atoms with Crippen molar-refractivity contribution in [3.63, 3.8) is 0 Å². The Hall–Kier alpha value is -4.40. The number of benzene rings is 2. The van der Waals surface area contributed by atoms with Gasteiger partial charge in [-0.25, -0.2) is 4.68 Å². The first-order chi connectivity index (χ1) is 26.7. The van der Waals surface area contributed by atoms with E-state index in [0.717, 1.165) is 67.0 Å². The SMILES string of the molecule is CC(C)CCOc1ccc(-c2ccc(OCc3cn(C[C@@H](CCCCN)NC(=O)[C@@H](CCCN=C(N)N)n4cc(CC5CCCCC5)nn4)nn3)cc2)cc1.Cl.Cl. The molecule has 57 heavy (non-hydrogen) atoms. The predicted molar refractivity (Wildman–Crippen MR) is 230 cm³/mol. The summed E-state index contributed by atoms with van der Waals surface area (Å²) in [6, 6.07) is 15.4. The Labute approximate surface area is 349 Å². The lowest BCUT2D eigenvalue weighted by atomic mass is 9.86. The summed E-state index contributed by atoms with van der Waals surface area (Å²) >= 11 is 0. The molecule has 1 amide bonds. The summed E-state index contributed by atoms with van der Waals surface area (Å²) in [5.41, 5.74) is 20.7. The third kappa shape index (κ3) is 16.2. The second kappa shape index (κ2) is 25.1. The van der Waals surface area contributed by atoms with Gasteiger partial charge < -0.3 is 32.0 Å². The molecule has 5 rings (SSSR count). The van der Waals surface area contributed by atoms with E-state index in [1.165, 1.54) is 32.1 Å². The summed E-state index contributed by atoms with van der Waals surface area (Å²) in [4.78, 5) is 18.1. The quantitative estimate of drug-likeness (QED) is 0.0368. The van der Waals surface area contributed by atoms with Crippen LogP contribution in [-0.2, 0) is 24.4 Å². The van der Waals surface area contributed by atoms with Gasteiger partial charge in [0.15, 0.2) is 5.96 Å². The smallest absolute Gasteiger partial charge is 0.245 e. The molecule has 1 fully saturated rings. The average molecular weight is 829 g/mol. The van der Waals surface area contributed by atoms with Gasteiger partial charge in [0.05, 0.1) is 25.0 Å². The van der Waals surface area contributed by atoms with Crippen molar-refractivity contribution in [1.82, 2.24) is 35.3 Å². The molecule has 7 N–H and O–H groups in total. The van der Waals surface area contributed by atoms with Crippen molar-refractivity contribution in [3.8, 4) is 22.6 Å². The second-order valence-electron chi connectivity index (χ2n) is 15.2.